The Kier molecular flexibility index (Phi) is 3.93. The highest BCUT2D eigenvalue weighted by molar-refractivity contribution is 4.87. The summed E-state index contributed by atoms with van der Waals surface area (Å²) in [5.41, 5.74) is 0. The molecular formula is C12H22N4. The third kappa shape index (κ3) is 2.61. The van der Waals surface area contributed by atoms with Gasteiger partial charge in [-0.25, -0.2) is 9.67 Å². The van der Waals surface area contributed by atoms with Crippen LogP contribution in [-0.4, -0.2) is 27.4 Å². The summed E-state index contributed by atoms with van der Waals surface area (Å²) >= 11 is 0. The second kappa shape index (κ2) is 5.43. The van der Waals surface area contributed by atoms with Crippen molar-refractivity contribution in [2.24, 2.45) is 5.92 Å². The first-order chi connectivity index (χ1) is 7.81. The molecule has 1 aliphatic carbocycles. The molecule has 4 heteroatoms. The van der Waals surface area contributed by atoms with Gasteiger partial charge in [0.05, 0.1) is 6.04 Å². The zero-order valence-electron chi connectivity index (χ0n) is 10.3. The number of hydrogen-bond donors (Lipinski definition) is 1. The molecule has 1 aromatic rings. The fourth-order valence-electron chi connectivity index (χ4n) is 2.60. The van der Waals surface area contributed by atoms with Crippen LogP contribution in [0.3, 0.4) is 0 Å². The van der Waals surface area contributed by atoms with Crippen LogP contribution in [0.1, 0.15) is 45.6 Å². The second-order valence-electron chi connectivity index (χ2n) is 4.92. The minimum absolute atomic E-state index is 0.484. The quantitative estimate of drug-likeness (QED) is 0.847. The standard InChI is InChI=1S/C12H22N4/c1-3-6-14-11-5-4-10(2)7-12(11)16-9-13-8-15-16/h8-12,14H,3-7H2,1-2H3. The third-order valence-electron chi connectivity index (χ3n) is 3.51. The molecule has 16 heavy (non-hydrogen) atoms. The Morgan fingerprint density at radius 1 is 1.44 bits per heavy atom. The van der Waals surface area contributed by atoms with Gasteiger partial charge in [-0.05, 0) is 38.1 Å². The molecule has 0 aromatic carbocycles. The molecule has 1 aliphatic rings. The topological polar surface area (TPSA) is 42.7 Å². The highest BCUT2D eigenvalue weighted by Crippen LogP contribution is 2.31. The summed E-state index contributed by atoms with van der Waals surface area (Å²) in [6.45, 7) is 5.65. The van der Waals surface area contributed by atoms with Gasteiger partial charge in [0.2, 0.25) is 0 Å². The molecule has 3 unspecified atom stereocenters. The maximum Gasteiger partial charge on any atom is 0.137 e. The van der Waals surface area contributed by atoms with Crippen molar-refractivity contribution in [3.05, 3.63) is 12.7 Å². The molecule has 2 rings (SSSR count). The molecule has 0 spiro atoms. The van der Waals surface area contributed by atoms with Gasteiger partial charge >= 0.3 is 0 Å². The van der Waals surface area contributed by atoms with Crippen molar-refractivity contribution in [1.29, 1.82) is 0 Å². The van der Waals surface area contributed by atoms with Gasteiger partial charge in [0.25, 0.3) is 0 Å². The summed E-state index contributed by atoms with van der Waals surface area (Å²) in [6, 6.07) is 1.05. The van der Waals surface area contributed by atoms with Gasteiger partial charge in [0.15, 0.2) is 0 Å². The zero-order valence-corrected chi connectivity index (χ0v) is 10.3. The molecule has 1 N–H and O–H groups in total. The normalized spacial score (nSPS) is 30.5. The number of nitrogens with one attached hydrogen (secondary N) is 1. The summed E-state index contributed by atoms with van der Waals surface area (Å²) in [5.74, 6) is 0.800. The van der Waals surface area contributed by atoms with E-state index >= 15 is 0 Å². The van der Waals surface area contributed by atoms with Crippen molar-refractivity contribution >= 4 is 0 Å². The van der Waals surface area contributed by atoms with E-state index in [1.54, 1.807) is 6.33 Å². The van der Waals surface area contributed by atoms with E-state index in [1.165, 1.54) is 25.7 Å². The average molecular weight is 222 g/mol. The summed E-state index contributed by atoms with van der Waals surface area (Å²) in [6.07, 6.45) is 8.47. The minimum atomic E-state index is 0.484. The van der Waals surface area contributed by atoms with E-state index in [0.717, 1.165) is 12.5 Å². The largest absolute Gasteiger partial charge is 0.312 e. The lowest BCUT2D eigenvalue weighted by molar-refractivity contribution is 0.203. The van der Waals surface area contributed by atoms with E-state index in [4.69, 9.17) is 0 Å². The number of aromatic nitrogens is 3. The molecule has 1 saturated carbocycles. The molecule has 0 saturated heterocycles. The molecule has 1 fully saturated rings. The van der Waals surface area contributed by atoms with Gasteiger partial charge in [-0.1, -0.05) is 13.8 Å². The molecule has 0 radical (unpaired) electrons. The molecule has 0 bridgehead atoms. The fourth-order valence-corrected chi connectivity index (χ4v) is 2.60. The Morgan fingerprint density at radius 2 is 2.31 bits per heavy atom. The van der Waals surface area contributed by atoms with E-state index in [9.17, 15) is 0 Å². The SMILES string of the molecule is CCCNC1CCC(C)CC1n1cncn1. The van der Waals surface area contributed by atoms with Crippen LogP contribution in [0, 0.1) is 5.92 Å². The molecule has 1 aromatic heterocycles. The fraction of sp³-hybridized carbons (Fsp3) is 0.833. The van der Waals surface area contributed by atoms with Gasteiger partial charge in [-0.15, -0.1) is 0 Å². The molecule has 90 valence electrons. The molecule has 0 aliphatic heterocycles. The average Bonchev–Trinajstić information content (AvgIpc) is 2.80. The molecule has 0 amide bonds. The van der Waals surface area contributed by atoms with E-state index in [0.29, 0.717) is 12.1 Å². The van der Waals surface area contributed by atoms with Crippen LogP contribution < -0.4 is 5.32 Å². The zero-order chi connectivity index (χ0) is 11.4. The maximum atomic E-state index is 4.30. The Morgan fingerprint density at radius 3 is 3.00 bits per heavy atom. The lowest BCUT2D eigenvalue weighted by Crippen LogP contribution is -2.42. The van der Waals surface area contributed by atoms with E-state index < -0.39 is 0 Å². The van der Waals surface area contributed by atoms with Crippen molar-refractivity contribution in [3.8, 4) is 0 Å². The molecule has 1 heterocycles. The predicted molar refractivity (Wildman–Crippen MR) is 64.2 cm³/mol. The summed E-state index contributed by atoms with van der Waals surface area (Å²) < 4.78 is 2.03. The summed E-state index contributed by atoms with van der Waals surface area (Å²) in [5, 5.41) is 7.94. The van der Waals surface area contributed by atoms with Gasteiger partial charge < -0.3 is 5.32 Å². The monoisotopic (exact) mass is 222 g/mol. The van der Waals surface area contributed by atoms with Gasteiger partial charge in [-0.2, -0.15) is 5.10 Å². The van der Waals surface area contributed by atoms with Gasteiger partial charge in [-0.3, -0.25) is 0 Å². The van der Waals surface area contributed by atoms with Crippen LogP contribution >= 0.6 is 0 Å². The maximum absolute atomic E-state index is 4.30. The van der Waals surface area contributed by atoms with Crippen LogP contribution in [0.25, 0.3) is 0 Å². The number of rotatable bonds is 4. The smallest absolute Gasteiger partial charge is 0.137 e. The van der Waals surface area contributed by atoms with Gasteiger partial charge in [0, 0.05) is 6.04 Å². The first-order valence-corrected chi connectivity index (χ1v) is 6.38. The lowest BCUT2D eigenvalue weighted by atomic mass is 9.83. The Bertz CT molecular complexity index is 294. The Labute approximate surface area is 97.5 Å². The van der Waals surface area contributed by atoms with Crippen LogP contribution in [0.15, 0.2) is 12.7 Å². The number of nitrogens with zero attached hydrogens (tertiary/aromatic N) is 3. The van der Waals surface area contributed by atoms with Crippen molar-refractivity contribution in [2.45, 2.75) is 51.6 Å². The van der Waals surface area contributed by atoms with E-state index in [1.807, 2.05) is 11.0 Å². The van der Waals surface area contributed by atoms with Gasteiger partial charge in [0.1, 0.15) is 12.7 Å². The third-order valence-corrected chi connectivity index (χ3v) is 3.51. The predicted octanol–water partition coefficient (Wildman–Crippen LogP) is 2.01. The molecule has 3 atom stereocenters. The van der Waals surface area contributed by atoms with Crippen molar-refractivity contribution < 1.29 is 0 Å². The lowest BCUT2D eigenvalue weighted by Gasteiger charge is -2.35. The summed E-state index contributed by atoms with van der Waals surface area (Å²) in [7, 11) is 0. The first-order valence-electron chi connectivity index (χ1n) is 6.38. The van der Waals surface area contributed by atoms with Crippen LogP contribution in [-0.2, 0) is 0 Å². The Hall–Kier alpha value is -0.900. The minimum Gasteiger partial charge on any atom is -0.312 e. The molecular weight excluding hydrogens is 200 g/mol. The van der Waals surface area contributed by atoms with Crippen LogP contribution in [0.5, 0.6) is 0 Å². The van der Waals surface area contributed by atoms with Crippen LogP contribution in [0.2, 0.25) is 0 Å². The highest BCUT2D eigenvalue weighted by atomic mass is 15.3. The van der Waals surface area contributed by atoms with Crippen molar-refractivity contribution in [3.63, 3.8) is 0 Å². The first kappa shape index (κ1) is 11.6. The van der Waals surface area contributed by atoms with E-state index in [-0.39, 0.29) is 0 Å². The second-order valence-corrected chi connectivity index (χ2v) is 4.92. The van der Waals surface area contributed by atoms with Crippen molar-refractivity contribution in [2.75, 3.05) is 6.54 Å². The Balaban J connectivity index is 2.03. The number of hydrogen-bond acceptors (Lipinski definition) is 3. The molecule has 4 nitrogen and oxygen atoms in total. The van der Waals surface area contributed by atoms with Crippen LogP contribution in [0.4, 0.5) is 0 Å². The highest BCUT2D eigenvalue weighted by Gasteiger charge is 2.29. The van der Waals surface area contributed by atoms with Crippen molar-refractivity contribution in [1.82, 2.24) is 20.1 Å². The van der Waals surface area contributed by atoms with E-state index in [2.05, 4.69) is 29.2 Å². The summed E-state index contributed by atoms with van der Waals surface area (Å²) in [4.78, 5) is 4.06.